The lowest BCUT2D eigenvalue weighted by atomic mass is 10.2. The summed E-state index contributed by atoms with van der Waals surface area (Å²) < 4.78 is 18.1. The molecule has 0 unspecified atom stereocenters. The number of ether oxygens (including phenoxy) is 1. The Morgan fingerprint density at radius 2 is 2.25 bits per heavy atom. The smallest absolute Gasteiger partial charge is 0.173 e. The van der Waals surface area contributed by atoms with Crippen LogP contribution in [0, 0.1) is 5.82 Å². The molecule has 0 atom stereocenters. The number of rotatable bonds is 2. The van der Waals surface area contributed by atoms with Crippen molar-refractivity contribution in [2.75, 3.05) is 7.11 Å². The lowest BCUT2D eigenvalue weighted by Gasteiger charge is -2.06. The van der Waals surface area contributed by atoms with Gasteiger partial charge in [0.2, 0.25) is 0 Å². The zero-order valence-electron chi connectivity index (χ0n) is 6.40. The first-order valence-corrected chi connectivity index (χ1v) is 4.77. The quantitative estimate of drug-likeness (QED) is 0.734. The fourth-order valence-electron chi connectivity index (χ4n) is 0.864. The highest BCUT2D eigenvalue weighted by atomic mass is 79.9. The topological polar surface area (TPSA) is 9.23 Å². The summed E-state index contributed by atoms with van der Waals surface area (Å²) in [6.07, 6.45) is 0. The Kier molecular flexibility index (Phi) is 3.35. The molecule has 1 nitrogen and oxygen atoms in total. The van der Waals surface area contributed by atoms with Crippen molar-refractivity contribution in [3.8, 4) is 5.75 Å². The number of methoxy groups -OCH3 is 1. The SMILES string of the molecule is COc1c(Cl)ccc(CBr)c1F. The van der Waals surface area contributed by atoms with Gasteiger partial charge in [0.1, 0.15) is 0 Å². The van der Waals surface area contributed by atoms with Crippen LogP contribution in [-0.4, -0.2) is 7.11 Å². The van der Waals surface area contributed by atoms with Crippen LogP contribution >= 0.6 is 27.5 Å². The molecule has 0 aromatic heterocycles. The Morgan fingerprint density at radius 3 is 2.75 bits per heavy atom. The van der Waals surface area contributed by atoms with E-state index < -0.39 is 5.82 Å². The van der Waals surface area contributed by atoms with Crippen LogP contribution in [0.25, 0.3) is 0 Å². The van der Waals surface area contributed by atoms with E-state index >= 15 is 0 Å². The molecular weight excluding hydrogens is 246 g/mol. The van der Waals surface area contributed by atoms with E-state index in [1.807, 2.05) is 0 Å². The standard InChI is InChI=1S/C8H7BrClFO/c1-12-8-6(10)3-2-5(4-9)7(8)11/h2-3H,4H2,1H3. The van der Waals surface area contributed by atoms with Crippen LogP contribution in [0.1, 0.15) is 5.56 Å². The van der Waals surface area contributed by atoms with E-state index in [9.17, 15) is 4.39 Å². The average molecular weight is 253 g/mol. The Morgan fingerprint density at radius 1 is 1.58 bits per heavy atom. The largest absolute Gasteiger partial charge is 0.492 e. The van der Waals surface area contributed by atoms with Crippen molar-refractivity contribution in [1.82, 2.24) is 0 Å². The molecule has 0 heterocycles. The average Bonchev–Trinajstić information content (AvgIpc) is 2.06. The molecule has 0 saturated heterocycles. The first-order chi connectivity index (χ1) is 5.70. The molecule has 12 heavy (non-hydrogen) atoms. The predicted molar refractivity (Wildman–Crippen MR) is 50.6 cm³/mol. The van der Waals surface area contributed by atoms with Gasteiger partial charge in [-0.15, -0.1) is 0 Å². The van der Waals surface area contributed by atoms with E-state index in [2.05, 4.69) is 15.9 Å². The molecular formula is C8H7BrClFO. The second-order valence-electron chi connectivity index (χ2n) is 2.19. The molecule has 66 valence electrons. The highest BCUT2D eigenvalue weighted by molar-refractivity contribution is 9.08. The summed E-state index contributed by atoms with van der Waals surface area (Å²) >= 11 is 8.84. The van der Waals surface area contributed by atoms with E-state index in [-0.39, 0.29) is 5.75 Å². The van der Waals surface area contributed by atoms with Crippen molar-refractivity contribution in [2.45, 2.75) is 5.33 Å². The molecule has 0 aliphatic heterocycles. The zero-order valence-corrected chi connectivity index (χ0v) is 8.75. The third kappa shape index (κ3) is 1.72. The van der Waals surface area contributed by atoms with Crippen LogP contribution in [0.4, 0.5) is 4.39 Å². The van der Waals surface area contributed by atoms with E-state index in [0.29, 0.717) is 15.9 Å². The van der Waals surface area contributed by atoms with E-state index in [0.717, 1.165) is 0 Å². The van der Waals surface area contributed by atoms with Gasteiger partial charge in [-0.05, 0) is 6.07 Å². The summed E-state index contributed by atoms with van der Waals surface area (Å²) in [5.74, 6) is -0.296. The maximum atomic E-state index is 13.3. The summed E-state index contributed by atoms with van der Waals surface area (Å²) in [6, 6.07) is 3.23. The number of hydrogen-bond acceptors (Lipinski definition) is 1. The second kappa shape index (κ2) is 4.10. The van der Waals surface area contributed by atoms with Gasteiger partial charge in [0, 0.05) is 10.9 Å². The molecule has 1 aromatic carbocycles. The Bertz CT molecular complexity index is 291. The number of benzene rings is 1. The summed E-state index contributed by atoms with van der Waals surface area (Å²) in [7, 11) is 1.39. The van der Waals surface area contributed by atoms with Gasteiger partial charge < -0.3 is 4.74 Å². The van der Waals surface area contributed by atoms with Crippen molar-refractivity contribution in [2.24, 2.45) is 0 Å². The van der Waals surface area contributed by atoms with Crippen LogP contribution in [0.5, 0.6) is 5.75 Å². The number of halogens is 3. The van der Waals surface area contributed by atoms with Crippen LogP contribution in [0.3, 0.4) is 0 Å². The van der Waals surface area contributed by atoms with Crippen molar-refractivity contribution in [3.63, 3.8) is 0 Å². The van der Waals surface area contributed by atoms with E-state index in [1.54, 1.807) is 12.1 Å². The van der Waals surface area contributed by atoms with Gasteiger partial charge in [0.05, 0.1) is 12.1 Å². The van der Waals surface area contributed by atoms with Crippen molar-refractivity contribution in [3.05, 3.63) is 28.5 Å². The molecule has 0 amide bonds. The van der Waals surface area contributed by atoms with Crippen molar-refractivity contribution in [1.29, 1.82) is 0 Å². The first kappa shape index (κ1) is 9.81. The van der Waals surface area contributed by atoms with E-state index in [1.165, 1.54) is 7.11 Å². The molecule has 1 aromatic rings. The highest BCUT2D eigenvalue weighted by Gasteiger charge is 2.11. The molecule has 4 heteroatoms. The van der Waals surface area contributed by atoms with Gasteiger partial charge in [-0.25, -0.2) is 4.39 Å². The van der Waals surface area contributed by atoms with Crippen molar-refractivity contribution >= 4 is 27.5 Å². The molecule has 1 rings (SSSR count). The fraction of sp³-hybridized carbons (Fsp3) is 0.250. The summed E-state index contributed by atoms with van der Waals surface area (Å²) in [5.41, 5.74) is 0.538. The first-order valence-electron chi connectivity index (χ1n) is 3.27. The van der Waals surface area contributed by atoms with Crippen molar-refractivity contribution < 1.29 is 9.13 Å². The predicted octanol–water partition coefficient (Wildman–Crippen LogP) is 3.38. The van der Waals surface area contributed by atoms with Crippen LogP contribution in [-0.2, 0) is 5.33 Å². The van der Waals surface area contributed by atoms with E-state index in [4.69, 9.17) is 16.3 Å². The summed E-state index contributed by atoms with van der Waals surface area (Å²) in [5, 5.41) is 0.742. The normalized spacial score (nSPS) is 10.0. The molecule has 0 bridgehead atoms. The highest BCUT2D eigenvalue weighted by Crippen LogP contribution is 2.30. The Hall–Kier alpha value is -0.280. The summed E-state index contributed by atoms with van der Waals surface area (Å²) in [6.45, 7) is 0. The van der Waals surface area contributed by atoms with Crippen LogP contribution < -0.4 is 4.74 Å². The fourth-order valence-corrected chi connectivity index (χ4v) is 1.52. The van der Waals surface area contributed by atoms with Crippen LogP contribution in [0.2, 0.25) is 5.02 Å². The molecule has 0 spiro atoms. The van der Waals surface area contributed by atoms with Gasteiger partial charge in [0.15, 0.2) is 11.6 Å². The number of alkyl halides is 1. The zero-order chi connectivity index (χ0) is 9.14. The molecule has 0 fully saturated rings. The molecule has 0 aliphatic carbocycles. The molecule has 0 radical (unpaired) electrons. The summed E-state index contributed by atoms with van der Waals surface area (Å²) in [4.78, 5) is 0. The van der Waals surface area contributed by atoms with Crippen LogP contribution in [0.15, 0.2) is 12.1 Å². The lowest BCUT2D eigenvalue weighted by molar-refractivity contribution is 0.385. The van der Waals surface area contributed by atoms with Gasteiger partial charge in [-0.3, -0.25) is 0 Å². The van der Waals surface area contributed by atoms with Gasteiger partial charge >= 0.3 is 0 Å². The molecule has 0 N–H and O–H groups in total. The minimum atomic E-state index is -0.401. The monoisotopic (exact) mass is 252 g/mol. The van der Waals surface area contributed by atoms with Gasteiger partial charge in [0.25, 0.3) is 0 Å². The van der Waals surface area contributed by atoms with Gasteiger partial charge in [-0.2, -0.15) is 0 Å². The molecule has 0 aliphatic rings. The Balaban J connectivity index is 3.24. The lowest BCUT2D eigenvalue weighted by Crippen LogP contribution is -1.93. The molecule has 0 saturated carbocycles. The van der Waals surface area contributed by atoms with Gasteiger partial charge in [-0.1, -0.05) is 33.6 Å². The Labute approximate surface area is 83.6 Å². The maximum Gasteiger partial charge on any atom is 0.173 e. The maximum absolute atomic E-state index is 13.3. The third-order valence-electron chi connectivity index (χ3n) is 1.48. The minimum absolute atomic E-state index is 0.105. The number of hydrogen-bond donors (Lipinski definition) is 0. The third-order valence-corrected chi connectivity index (χ3v) is 2.38. The second-order valence-corrected chi connectivity index (χ2v) is 3.16. The minimum Gasteiger partial charge on any atom is -0.492 e.